The molecule has 0 aromatic rings. The van der Waals surface area contributed by atoms with Crippen LogP contribution in [0.3, 0.4) is 0 Å². The van der Waals surface area contributed by atoms with Crippen molar-refractivity contribution in [1.82, 2.24) is 4.90 Å². The molecule has 2 heteroatoms. The molecule has 0 aliphatic carbocycles. The average molecular weight is 182 g/mol. The van der Waals surface area contributed by atoms with E-state index in [-0.39, 0.29) is 0 Å². The minimum Gasteiger partial charge on any atom is -0.360 e. The predicted octanol–water partition coefficient (Wildman–Crippen LogP) is 2.74. The number of amidine groups is 1. The lowest BCUT2D eigenvalue weighted by molar-refractivity contribution is 0.209. The highest BCUT2D eigenvalue weighted by atomic mass is 15.2. The second-order valence-corrected chi connectivity index (χ2v) is 4.55. The van der Waals surface area contributed by atoms with Crippen LogP contribution < -0.4 is 0 Å². The van der Waals surface area contributed by atoms with Gasteiger partial charge in [0.1, 0.15) is 0 Å². The summed E-state index contributed by atoms with van der Waals surface area (Å²) >= 11 is 0. The lowest BCUT2D eigenvalue weighted by Crippen LogP contribution is -2.42. The van der Waals surface area contributed by atoms with Crippen LogP contribution in [0.5, 0.6) is 0 Å². The van der Waals surface area contributed by atoms with Crippen molar-refractivity contribution in [3.63, 3.8) is 0 Å². The van der Waals surface area contributed by atoms with Crippen molar-refractivity contribution in [1.29, 1.82) is 5.41 Å². The van der Waals surface area contributed by atoms with Gasteiger partial charge < -0.3 is 4.90 Å². The second kappa shape index (κ2) is 4.64. The third-order valence-corrected chi connectivity index (χ3v) is 2.74. The number of hydrogen-bond donors (Lipinski definition) is 1. The molecule has 0 aromatic carbocycles. The van der Waals surface area contributed by atoms with Crippen LogP contribution in [-0.4, -0.2) is 23.8 Å². The van der Waals surface area contributed by atoms with Crippen LogP contribution >= 0.6 is 0 Å². The molecule has 1 saturated heterocycles. The summed E-state index contributed by atoms with van der Waals surface area (Å²) in [5, 5.41) is 7.89. The van der Waals surface area contributed by atoms with Crippen molar-refractivity contribution >= 4 is 5.84 Å². The highest BCUT2D eigenvalue weighted by molar-refractivity contribution is 5.79. The Labute approximate surface area is 81.8 Å². The largest absolute Gasteiger partial charge is 0.360 e. The monoisotopic (exact) mass is 182 g/mol. The van der Waals surface area contributed by atoms with Crippen molar-refractivity contribution in [2.45, 2.75) is 40.0 Å². The van der Waals surface area contributed by atoms with Gasteiger partial charge in [0.25, 0.3) is 0 Å². The number of likely N-dealkylation sites (tertiary alicyclic amines) is 1. The highest BCUT2D eigenvalue weighted by Gasteiger charge is 2.22. The Morgan fingerprint density at radius 3 is 2.31 bits per heavy atom. The van der Waals surface area contributed by atoms with Crippen LogP contribution in [0.15, 0.2) is 0 Å². The quantitative estimate of drug-likeness (QED) is 0.516. The second-order valence-electron chi connectivity index (χ2n) is 4.55. The first-order valence-corrected chi connectivity index (χ1v) is 5.45. The minimum atomic E-state index is 0.765. The molecule has 0 aromatic heterocycles. The van der Waals surface area contributed by atoms with E-state index < -0.39 is 0 Å². The zero-order valence-corrected chi connectivity index (χ0v) is 9.14. The lowest BCUT2D eigenvalue weighted by atomic mass is 9.91. The zero-order valence-electron chi connectivity index (χ0n) is 9.14. The van der Waals surface area contributed by atoms with Crippen molar-refractivity contribution < 1.29 is 0 Å². The van der Waals surface area contributed by atoms with E-state index in [0.717, 1.165) is 43.6 Å². The molecular weight excluding hydrogens is 160 g/mol. The predicted molar refractivity (Wildman–Crippen MR) is 57.2 cm³/mol. The summed E-state index contributed by atoms with van der Waals surface area (Å²) < 4.78 is 0. The Morgan fingerprint density at radius 1 is 1.31 bits per heavy atom. The maximum Gasteiger partial charge on any atom is 0.0957 e. The topological polar surface area (TPSA) is 27.1 Å². The fourth-order valence-electron chi connectivity index (χ4n) is 2.28. The molecule has 0 spiro atoms. The standard InChI is InChI=1S/C11H22N2/c1-4-5-11(12)13-7-9(2)6-10(3)8-13/h9-10,12H,4-8H2,1-3H3. The van der Waals surface area contributed by atoms with Gasteiger partial charge in [0.15, 0.2) is 0 Å². The molecule has 1 aliphatic heterocycles. The Balaban J connectivity index is 2.45. The maximum absolute atomic E-state index is 7.89. The van der Waals surface area contributed by atoms with Crippen molar-refractivity contribution in [3.8, 4) is 0 Å². The van der Waals surface area contributed by atoms with E-state index in [2.05, 4.69) is 25.7 Å². The first kappa shape index (κ1) is 10.6. The van der Waals surface area contributed by atoms with E-state index in [1.165, 1.54) is 6.42 Å². The van der Waals surface area contributed by atoms with Gasteiger partial charge in [-0.15, -0.1) is 0 Å². The number of rotatable bonds is 2. The van der Waals surface area contributed by atoms with Crippen molar-refractivity contribution in [2.75, 3.05) is 13.1 Å². The molecule has 13 heavy (non-hydrogen) atoms. The molecule has 1 rings (SSSR count). The number of nitrogens with zero attached hydrogens (tertiary/aromatic N) is 1. The Morgan fingerprint density at radius 2 is 1.85 bits per heavy atom. The number of piperidine rings is 1. The molecule has 2 unspecified atom stereocenters. The molecule has 0 saturated carbocycles. The summed E-state index contributed by atoms with van der Waals surface area (Å²) in [5.41, 5.74) is 0. The van der Waals surface area contributed by atoms with Crippen molar-refractivity contribution in [3.05, 3.63) is 0 Å². The molecule has 2 atom stereocenters. The van der Waals surface area contributed by atoms with Gasteiger partial charge >= 0.3 is 0 Å². The molecule has 1 aliphatic rings. The molecule has 1 N–H and O–H groups in total. The third-order valence-electron chi connectivity index (χ3n) is 2.74. The number of nitrogens with one attached hydrogen (secondary N) is 1. The van der Waals surface area contributed by atoms with E-state index in [4.69, 9.17) is 5.41 Å². The van der Waals surface area contributed by atoms with Crippen LogP contribution in [0.25, 0.3) is 0 Å². The van der Waals surface area contributed by atoms with Crippen LogP contribution in [0.4, 0.5) is 0 Å². The van der Waals surface area contributed by atoms with Gasteiger partial charge in [0.05, 0.1) is 5.84 Å². The summed E-state index contributed by atoms with van der Waals surface area (Å²) in [6, 6.07) is 0. The molecule has 1 heterocycles. The van der Waals surface area contributed by atoms with Gasteiger partial charge in [-0.05, 0) is 24.7 Å². The maximum atomic E-state index is 7.89. The first-order valence-electron chi connectivity index (χ1n) is 5.45. The molecule has 1 fully saturated rings. The molecular formula is C11H22N2. The average Bonchev–Trinajstić information content (AvgIpc) is 2.03. The minimum absolute atomic E-state index is 0.765. The van der Waals surface area contributed by atoms with E-state index in [1.807, 2.05) is 0 Å². The van der Waals surface area contributed by atoms with E-state index in [9.17, 15) is 0 Å². The van der Waals surface area contributed by atoms with Gasteiger partial charge in [0.2, 0.25) is 0 Å². The molecule has 0 radical (unpaired) electrons. The summed E-state index contributed by atoms with van der Waals surface area (Å²) in [4.78, 5) is 2.27. The fraction of sp³-hybridized carbons (Fsp3) is 0.909. The van der Waals surface area contributed by atoms with E-state index in [0.29, 0.717) is 0 Å². The van der Waals surface area contributed by atoms with Crippen LogP contribution in [0.2, 0.25) is 0 Å². The summed E-state index contributed by atoms with van der Waals surface area (Å²) in [7, 11) is 0. The van der Waals surface area contributed by atoms with Gasteiger partial charge in [-0.1, -0.05) is 20.8 Å². The lowest BCUT2D eigenvalue weighted by Gasteiger charge is -2.36. The van der Waals surface area contributed by atoms with Crippen LogP contribution in [-0.2, 0) is 0 Å². The molecule has 0 bridgehead atoms. The summed E-state index contributed by atoms with van der Waals surface area (Å²) in [6.07, 6.45) is 3.37. The highest BCUT2D eigenvalue weighted by Crippen LogP contribution is 2.21. The molecule has 76 valence electrons. The van der Waals surface area contributed by atoms with Crippen LogP contribution in [0, 0.1) is 17.2 Å². The van der Waals surface area contributed by atoms with Gasteiger partial charge in [-0.2, -0.15) is 0 Å². The van der Waals surface area contributed by atoms with Crippen LogP contribution in [0.1, 0.15) is 40.0 Å². The van der Waals surface area contributed by atoms with Gasteiger partial charge in [0, 0.05) is 19.5 Å². The van der Waals surface area contributed by atoms with Gasteiger partial charge in [-0.3, -0.25) is 5.41 Å². The third kappa shape index (κ3) is 3.02. The SMILES string of the molecule is CCCC(=N)N1CC(C)CC(C)C1. The van der Waals surface area contributed by atoms with E-state index in [1.54, 1.807) is 0 Å². The Bertz CT molecular complexity index is 167. The summed E-state index contributed by atoms with van der Waals surface area (Å²) in [6.45, 7) is 8.93. The normalized spacial score (nSPS) is 29.0. The smallest absolute Gasteiger partial charge is 0.0957 e. The first-order chi connectivity index (χ1) is 6.13. The Kier molecular flexibility index (Phi) is 3.76. The molecule has 0 amide bonds. The number of hydrogen-bond acceptors (Lipinski definition) is 1. The van der Waals surface area contributed by atoms with Crippen molar-refractivity contribution in [2.24, 2.45) is 11.8 Å². The summed E-state index contributed by atoms with van der Waals surface area (Å²) in [5.74, 6) is 2.38. The fourth-order valence-corrected chi connectivity index (χ4v) is 2.28. The zero-order chi connectivity index (χ0) is 9.84. The Hall–Kier alpha value is -0.530. The van der Waals surface area contributed by atoms with E-state index >= 15 is 0 Å². The van der Waals surface area contributed by atoms with Gasteiger partial charge in [-0.25, -0.2) is 0 Å². The molecule has 2 nitrogen and oxygen atoms in total.